The van der Waals surface area contributed by atoms with Crippen LogP contribution in [-0.2, 0) is 0 Å². The number of nitrogens with zero attached hydrogens (tertiary/aromatic N) is 4. The van der Waals surface area contributed by atoms with Crippen molar-refractivity contribution in [3.63, 3.8) is 0 Å². The largest absolute Gasteiger partial charge is 0.508 e. The first kappa shape index (κ1) is 12.2. The van der Waals surface area contributed by atoms with E-state index in [9.17, 15) is 5.11 Å². The van der Waals surface area contributed by atoms with E-state index in [1.807, 2.05) is 28.9 Å². The summed E-state index contributed by atoms with van der Waals surface area (Å²) in [6.45, 7) is 0. The molecule has 0 spiro atoms. The highest BCUT2D eigenvalue weighted by Gasteiger charge is 2.28. The van der Waals surface area contributed by atoms with Crippen LogP contribution in [0.5, 0.6) is 5.75 Å². The zero-order valence-corrected chi connectivity index (χ0v) is 11.8. The summed E-state index contributed by atoms with van der Waals surface area (Å²) in [6.07, 6.45) is 7.98. The third-order valence-electron chi connectivity index (χ3n) is 3.98. The Kier molecular flexibility index (Phi) is 2.60. The zero-order valence-electron chi connectivity index (χ0n) is 11.8. The molecule has 0 radical (unpaired) electrons. The predicted molar refractivity (Wildman–Crippen MR) is 81.5 cm³/mol. The van der Waals surface area contributed by atoms with Gasteiger partial charge in [-0.2, -0.15) is 0 Å². The fraction of sp³-hybridized carbons (Fsp3) is 0.250. The van der Waals surface area contributed by atoms with Crippen molar-refractivity contribution < 1.29 is 5.11 Å². The standard InChI is InChI=1S/C16H16N4O/c1-19(12-5-6-12)15-16-18-10-14(20(16)8-7-17-15)11-3-2-4-13(21)9-11/h2-4,7-10,12,21H,5-6H2,1H3. The van der Waals surface area contributed by atoms with E-state index in [1.54, 1.807) is 18.3 Å². The molecular weight excluding hydrogens is 264 g/mol. The number of hydrogen-bond donors (Lipinski definition) is 1. The average Bonchev–Trinajstić information content (AvgIpc) is 3.25. The summed E-state index contributed by atoms with van der Waals surface area (Å²) < 4.78 is 2.02. The number of aromatic nitrogens is 3. The molecule has 2 heterocycles. The number of fused-ring (bicyclic) bond motifs is 1. The summed E-state index contributed by atoms with van der Waals surface area (Å²) in [5.74, 6) is 1.17. The van der Waals surface area contributed by atoms with Crippen molar-refractivity contribution in [1.82, 2.24) is 14.4 Å². The number of rotatable bonds is 3. The molecule has 4 rings (SSSR count). The minimum absolute atomic E-state index is 0.256. The molecule has 1 aromatic carbocycles. The maximum Gasteiger partial charge on any atom is 0.180 e. The van der Waals surface area contributed by atoms with Crippen LogP contribution in [0.2, 0.25) is 0 Å². The summed E-state index contributed by atoms with van der Waals surface area (Å²) in [5.41, 5.74) is 2.74. The van der Waals surface area contributed by atoms with Crippen LogP contribution in [0.1, 0.15) is 12.8 Å². The van der Waals surface area contributed by atoms with Crippen LogP contribution in [0.25, 0.3) is 16.9 Å². The molecule has 0 aliphatic heterocycles. The molecule has 21 heavy (non-hydrogen) atoms. The van der Waals surface area contributed by atoms with Gasteiger partial charge in [-0.25, -0.2) is 9.97 Å². The Labute approximate surface area is 122 Å². The summed E-state index contributed by atoms with van der Waals surface area (Å²) >= 11 is 0. The van der Waals surface area contributed by atoms with Gasteiger partial charge in [0, 0.05) is 31.0 Å². The Hall–Kier alpha value is -2.56. The second-order valence-electron chi connectivity index (χ2n) is 5.48. The minimum Gasteiger partial charge on any atom is -0.508 e. The fourth-order valence-corrected chi connectivity index (χ4v) is 2.67. The molecule has 5 heteroatoms. The first-order valence-electron chi connectivity index (χ1n) is 7.08. The maximum atomic E-state index is 9.66. The van der Waals surface area contributed by atoms with E-state index in [0.29, 0.717) is 6.04 Å². The summed E-state index contributed by atoms with van der Waals surface area (Å²) in [5, 5.41) is 9.66. The zero-order chi connectivity index (χ0) is 14.4. The van der Waals surface area contributed by atoms with Crippen molar-refractivity contribution in [3.8, 4) is 17.0 Å². The normalized spacial score (nSPS) is 14.5. The Morgan fingerprint density at radius 2 is 2.14 bits per heavy atom. The van der Waals surface area contributed by atoms with Crippen molar-refractivity contribution >= 4 is 11.5 Å². The molecule has 0 amide bonds. The summed E-state index contributed by atoms with van der Waals surface area (Å²) in [7, 11) is 2.07. The first-order valence-corrected chi connectivity index (χ1v) is 7.08. The first-order chi connectivity index (χ1) is 10.2. The van der Waals surface area contributed by atoms with E-state index >= 15 is 0 Å². The highest BCUT2D eigenvalue weighted by Crippen LogP contribution is 2.32. The molecule has 0 bridgehead atoms. The van der Waals surface area contributed by atoms with Crippen LogP contribution >= 0.6 is 0 Å². The summed E-state index contributed by atoms with van der Waals surface area (Å²) in [4.78, 5) is 11.2. The van der Waals surface area contributed by atoms with Gasteiger partial charge in [-0.1, -0.05) is 12.1 Å². The van der Waals surface area contributed by atoms with Crippen LogP contribution in [0.15, 0.2) is 42.9 Å². The second kappa shape index (κ2) is 4.48. The topological polar surface area (TPSA) is 53.7 Å². The van der Waals surface area contributed by atoms with Crippen molar-refractivity contribution in [3.05, 3.63) is 42.9 Å². The lowest BCUT2D eigenvalue weighted by atomic mass is 10.1. The molecule has 1 fully saturated rings. The Bertz CT molecular complexity index is 807. The SMILES string of the molecule is CN(c1nccn2c(-c3cccc(O)c3)cnc12)C1CC1. The van der Waals surface area contributed by atoms with Gasteiger partial charge in [-0.3, -0.25) is 4.40 Å². The van der Waals surface area contributed by atoms with Crippen molar-refractivity contribution in [1.29, 1.82) is 0 Å². The third kappa shape index (κ3) is 2.01. The van der Waals surface area contributed by atoms with Crippen LogP contribution in [0, 0.1) is 0 Å². The molecule has 1 N–H and O–H groups in total. The number of aromatic hydroxyl groups is 1. The van der Waals surface area contributed by atoms with E-state index in [4.69, 9.17) is 0 Å². The van der Waals surface area contributed by atoms with Crippen molar-refractivity contribution in [2.24, 2.45) is 0 Å². The molecule has 5 nitrogen and oxygen atoms in total. The van der Waals surface area contributed by atoms with Gasteiger partial charge in [0.1, 0.15) is 5.75 Å². The molecule has 0 saturated heterocycles. The van der Waals surface area contributed by atoms with Gasteiger partial charge in [-0.05, 0) is 25.0 Å². The molecular formula is C16H16N4O. The Morgan fingerprint density at radius 1 is 1.29 bits per heavy atom. The summed E-state index contributed by atoms with van der Waals surface area (Å²) in [6, 6.07) is 7.80. The monoisotopic (exact) mass is 280 g/mol. The second-order valence-corrected chi connectivity index (χ2v) is 5.48. The predicted octanol–water partition coefficient (Wildman–Crippen LogP) is 2.70. The van der Waals surface area contributed by atoms with E-state index < -0.39 is 0 Å². The minimum atomic E-state index is 0.256. The quantitative estimate of drug-likeness (QED) is 0.801. The number of phenols is 1. The lowest BCUT2D eigenvalue weighted by Gasteiger charge is -2.17. The third-order valence-corrected chi connectivity index (χ3v) is 3.98. The smallest absolute Gasteiger partial charge is 0.180 e. The van der Waals surface area contributed by atoms with Gasteiger partial charge < -0.3 is 10.0 Å². The number of imidazole rings is 1. The van der Waals surface area contributed by atoms with Gasteiger partial charge in [0.15, 0.2) is 11.5 Å². The number of phenolic OH excluding ortho intramolecular Hbond substituents is 1. The van der Waals surface area contributed by atoms with Crippen LogP contribution in [0.4, 0.5) is 5.82 Å². The maximum absolute atomic E-state index is 9.66. The van der Waals surface area contributed by atoms with Crippen molar-refractivity contribution in [2.45, 2.75) is 18.9 Å². The van der Waals surface area contributed by atoms with Gasteiger partial charge in [0.2, 0.25) is 0 Å². The average molecular weight is 280 g/mol. The lowest BCUT2D eigenvalue weighted by molar-refractivity contribution is 0.475. The number of anilines is 1. The van der Waals surface area contributed by atoms with E-state index in [0.717, 1.165) is 22.7 Å². The van der Waals surface area contributed by atoms with E-state index in [2.05, 4.69) is 21.9 Å². The van der Waals surface area contributed by atoms with Gasteiger partial charge in [-0.15, -0.1) is 0 Å². The Morgan fingerprint density at radius 3 is 2.90 bits per heavy atom. The van der Waals surface area contributed by atoms with E-state index in [1.165, 1.54) is 12.8 Å². The Balaban J connectivity index is 1.87. The molecule has 1 saturated carbocycles. The highest BCUT2D eigenvalue weighted by molar-refractivity contribution is 5.72. The molecule has 106 valence electrons. The molecule has 3 aromatic rings. The van der Waals surface area contributed by atoms with Crippen molar-refractivity contribution in [2.75, 3.05) is 11.9 Å². The highest BCUT2D eigenvalue weighted by atomic mass is 16.3. The fourth-order valence-electron chi connectivity index (χ4n) is 2.67. The number of benzene rings is 1. The molecule has 0 atom stereocenters. The molecule has 0 unspecified atom stereocenters. The van der Waals surface area contributed by atoms with E-state index in [-0.39, 0.29) is 5.75 Å². The van der Waals surface area contributed by atoms with Gasteiger partial charge >= 0.3 is 0 Å². The molecule has 1 aliphatic carbocycles. The number of hydrogen-bond acceptors (Lipinski definition) is 4. The van der Waals surface area contributed by atoms with Crippen LogP contribution < -0.4 is 4.90 Å². The molecule has 2 aromatic heterocycles. The van der Waals surface area contributed by atoms with Gasteiger partial charge in [0.25, 0.3) is 0 Å². The lowest BCUT2D eigenvalue weighted by Crippen LogP contribution is -2.21. The van der Waals surface area contributed by atoms with Gasteiger partial charge in [0.05, 0.1) is 11.9 Å². The van der Waals surface area contributed by atoms with Crippen LogP contribution in [-0.4, -0.2) is 32.6 Å². The van der Waals surface area contributed by atoms with Crippen LogP contribution in [0.3, 0.4) is 0 Å². The molecule has 1 aliphatic rings.